The molecule has 8 nitrogen and oxygen atoms in total. The van der Waals surface area contributed by atoms with Gasteiger partial charge in [0.2, 0.25) is 5.91 Å². The molecule has 0 aromatic heterocycles. The summed E-state index contributed by atoms with van der Waals surface area (Å²) in [6, 6.07) is -1.54. The SMILES string of the molecule is COC(=O)[C@H]1CN(C(=O)[C@@H](N)C(C)C)CCN1C(=O)OC(C)(C)C. The van der Waals surface area contributed by atoms with Crippen molar-refractivity contribution in [3.63, 3.8) is 0 Å². The lowest BCUT2D eigenvalue weighted by atomic mass is 10.0. The van der Waals surface area contributed by atoms with Crippen LogP contribution in [0.5, 0.6) is 0 Å². The van der Waals surface area contributed by atoms with E-state index in [1.165, 1.54) is 16.9 Å². The Bertz CT molecular complexity index is 487. The predicted molar refractivity (Wildman–Crippen MR) is 88.1 cm³/mol. The second kappa shape index (κ2) is 7.83. The van der Waals surface area contributed by atoms with Crippen LogP contribution in [0.25, 0.3) is 0 Å². The van der Waals surface area contributed by atoms with Gasteiger partial charge in [-0.3, -0.25) is 9.69 Å². The van der Waals surface area contributed by atoms with E-state index in [2.05, 4.69) is 0 Å². The summed E-state index contributed by atoms with van der Waals surface area (Å²) in [5.41, 5.74) is 5.23. The molecule has 24 heavy (non-hydrogen) atoms. The number of carbonyl (C=O) groups is 3. The van der Waals surface area contributed by atoms with Gasteiger partial charge in [0, 0.05) is 13.1 Å². The minimum Gasteiger partial charge on any atom is -0.467 e. The number of carbonyl (C=O) groups excluding carboxylic acids is 3. The first-order valence-electron chi connectivity index (χ1n) is 8.09. The Kier molecular flexibility index (Phi) is 6.59. The van der Waals surface area contributed by atoms with Crippen LogP contribution in [0.1, 0.15) is 34.6 Å². The van der Waals surface area contributed by atoms with E-state index in [0.29, 0.717) is 6.54 Å². The summed E-state index contributed by atoms with van der Waals surface area (Å²) in [6.45, 7) is 9.50. The average molecular weight is 343 g/mol. The molecule has 1 aliphatic rings. The maximum Gasteiger partial charge on any atom is 0.411 e. The summed E-state index contributed by atoms with van der Waals surface area (Å²) >= 11 is 0. The minimum absolute atomic E-state index is 0.0158. The van der Waals surface area contributed by atoms with Crippen molar-refractivity contribution >= 4 is 18.0 Å². The highest BCUT2D eigenvalue weighted by molar-refractivity contribution is 5.86. The summed E-state index contributed by atoms with van der Waals surface area (Å²) in [4.78, 5) is 39.6. The number of ether oxygens (including phenoxy) is 2. The molecule has 2 atom stereocenters. The van der Waals surface area contributed by atoms with E-state index in [9.17, 15) is 14.4 Å². The zero-order chi connectivity index (χ0) is 18.7. The molecule has 0 unspecified atom stereocenters. The lowest BCUT2D eigenvalue weighted by molar-refractivity contribution is -0.151. The summed E-state index contributed by atoms with van der Waals surface area (Å²) in [5.74, 6) is -0.836. The van der Waals surface area contributed by atoms with Crippen LogP contribution in [0.4, 0.5) is 4.79 Å². The fourth-order valence-corrected chi connectivity index (χ4v) is 2.36. The summed E-state index contributed by atoms with van der Waals surface area (Å²) in [6.07, 6.45) is -0.599. The van der Waals surface area contributed by atoms with Crippen molar-refractivity contribution in [2.45, 2.75) is 52.3 Å². The Morgan fingerprint density at radius 2 is 1.75 bits per heavy atom. The summed E-state index contributed by atoms with van der Waals surface area (Å²) in [5, 5.41) is 0. The van der Waals surface area contributed by atoms with E-state index in [4.69, 9.17) is 15.2 Å². The lowest BCUT2D eigenvalue weighted by Gasteiger charge is -2.41. The number of piperazine rings is 1. The molecular formula is C16H29N3O5. The molecule has 2 amide bonds. The van der Waals surface area contributed by atoms with Crippen LogP contribution >= 0.6 is 0 Å². The third-order valence-electron chi connectivity index (χ3n) is 3.80. The molecule has 1 rings (SSSR count). The van der Waals surface area contributed by atoms with Gasteiger partial charge in [-0.15, -0.1) is 0 Å². The molecule has 138 valence electrons. The van der Waals surface area contributed by atoms with Gasteiger partial charge >= 0.3 is 12.1 Å². The smallest absolute Gasteiger partial charge is 0.411 e. The summed E-state index contributed by atoms with van der Waals surface area (Å²) < 4.78 is 10.1. The Labute approximate surface area is 143 Å². The number of hydrogen-bond donors (Lipinski definition) is 1. The number of amides is 2. The zero-order valence-corrected chi connectivity index (χ0v) is 15.4. The molecule has 0 saturated carbocycles. The first-order valence-corrected chi connectivity index (χ1v) is 8.09. The molecule has 1 aliphatic heterocycles. The van der Waals surface area contributed by atoms with Gasteiger partial charge in [-0.05, 0) is 26.7 Å². The van der Waals surface area contributed by atoms with Gasteiger partial charge < -0.3 is 20.1 Å². The van der Waals surface area contributed by atoms with E-state index >= 15 is 0 Å². The molecule has 2 N–H and O–H groups in total. The van der Waals surface area contributed by atoms with Gasteiger partial charge in [-0.1, -0.05) is 13.8 Å². The Morgan fingerprint density at radius 3 is 2.21 bits per heavy atom. The van der Waals surface area contributed by atoms with Crippen LogP contribution in [-0.4, -0.2) is 72.2 Å². The normalized spacial score (nSPS) is 19.9. The number of esters is 1. The topological polar surface area (TPSA) is 102 Å². The number of rotatable bonds is 3. The lowest BCUT2D eigenvalue weighted by Crippen LogP contribution is -2.62. The highest BCUT2D eigenvalue weighted by Crippen LogP contribution is 2.18. The van der Waals surface area contributed by atoms with E-state index in [-0.39, 0.29) is 24.9 Å². The van der Waals surface area contributed by atoms with Crippen LogP contribution < -0.4 is 5.73 Å². The van der Waals surface area contributed by atoms with Crippen molar-refractivity contribution < 1.29 is 23.9 Å². The van der Waals surface area contributed by atoms with Crippen LogP contribution in [0.2, 0.25) is 0 Å². The highest BCUT2D eigenvalue weighted by Gasteiger charge is 2.40. The average Bonchev–Trinajstić information content (AvgIpc) is 2.50. The molecule has 0 aromatic carbocycles. The number of methoxy groups -OCH3 is 1. The largest absolute Gasteiger partial charge is 0.467 e. The first-order chi connectivity index (χ1) is 11.0. The molecule has 0 bridgehead atoms. The second-order valence-electron chi connectivity index (χ2n) is 7.27. The Balaban J connectivity index is 2.91. The first kappa shape index (κ1) is 20.2. The fraction of sp³-hybridized carbons (Fsp3) is 0.812. The van der Waals surface area contributed by atoms with Crippen molar-refractivity contribution in [3.05, 3.63) is 0 Å². The predicted octanol–water partition coefficient (Wildman–Crippen LogP) is 0.591. The number of nitrogens with two attached hydrogens (primary N) is 1. The molecule has 0 spiro atoms. The van der Waals surface area contributed by atoms with Crippen LogP contribution in [0, 0.1) is 5.92 Å². The highest BCUT2D eigenvalue weighted by atomic mass is 16.6. The van der Waals surface area contributed by atoms with Crippen molar-refractivity contribution in [3.8, 4) is 0 Å². The molecule has 1 fully saturated rings. The Morgan fingerprint density at radius 1 is 1.17 bits per heavy atom. The van der Waals surface area contributed by atoms with Gasteiger partial charge in [0.25, 0.3) is 0 Å². The van der Waals surface area contributed by atoms with Crippen molar-refractivity contribution in [2.75, 3.05) is 26.7 Å². The van der Waals surface area contributed by atoms with Gasteiger partial charge in [-0.25, -0.2) is 9.59 Å². The van der Waals surface area contributed by atoms with E-state index in [1.54, 1.807) is 20.8 Å². The maximum absolute atomic E-state index is 12.4. The maximum atomic E-state index is 12.4. The quantitative estimate of drug-likeness (QED) is 0.753. The molecule has 0 aliphatic carbocycles. The van der Waals surface area contributed by atoms with Crippen molar-refractivity contribution in [1.29, 1.82) is 0 Å². The summed E-state index contributed by atoms with van der Waals surface area (Å²) in [7, 11) is 1.25. The molecule has 8 heteroatoms. The third-order valence-corrected chi connectivity index (χ3v) is 3.80. The monoisotopic (exact) mass is 343 g/mol. The van der Waals surface area contributed by atoms with Crippen molar-refractivity contribution in [2.24, 2.45) is 11.7 Å². The van der Waals surface area contributed by atoms with E-state index in [1.807, 2.05) is 13.8 Å². The van der Waals surface area contributed by atoms with E-state index < -0.39 is 29.7 Å². The molecule has 0 radical (unpaired) electrons. The van der Waals surface area contributed by atoms with Gasteiger partial charge in [0.15, 0.2) is 6.04 Å². The standard InChI is InChI=1S/C16H29N3O5/c1-10(2)12(17)13(20)18-7-8-19(11(9-18)14(21)23-6)15(22)24-16(3,4)5/h10-12H,7-9,17H2,1-6H3/t11-,12+/m1/s1. The van der Waals surface area contributed by atoms with Gasteiger partial charge in [0.1, 0.15) is 5.60 Å². The van der Waals surface area contributed by atoms with Crippen LogP contribution in [-0.2, 0) is 19.1 Å². The van der Waals surface area contributed by atoms with Gasteiger partial charge in [0.05, 0.1) is 19.7 Å². The molecule has 0 aromatic rings. The molecule has 1 saturated heterocycles. The number of nitrogens with zero attached hydrogens (tertiary/aromatic N) is 2. The zero-order valence-electron chi connectivity index (χ0n) is 15.4. The van der Waals surface area contributed by atoms with Crippen LogP contribution in [0.15, 0.2) is 0 Å². The van der Waals surface area contributed by atoms with Gasteiger partial charge in [-0.2, -0.15) is 0 Å². The van der Waals surface area contributed by atoms with E-state index in [0.717, 1.165) is 0 Å². The third kappa shape index (κ3) is 5.09. The molecular weight excluding hydrogens is 314 g/mol. The second-order valence-corrected chi connectivity index (χ2v) is 7.27. The molecule has 1 heterocycles. The fourth-order valence-electron chi connectivity index (χ4n) is 2.36. The Hall–Kier alpha value is -1.83. The minimum atomic E-state index is -0.901. The van der Waals surface area contributed by atoms with Crippen LogP contribution in [0.3, 0.4) is 0 Å². The number of hydrogen-bond acceptors (Lipinski definition) is 6. The van der Waals surface area contributed by atoms with Crippen molar-refractivity contribution in [1.82, 2.24) is 9.80 Å².